The first kappa shape index (κ1) is 16.2. The van der Waals surface area contributed by atoms with E-state index in [1.807, 2.05) is 0 Å². The zero-order chi connectivity index (χ0) is 14.6. The van der Waals surface area contributed by atoms with Gasteiger partial charge in [0.15, 0.2) is 0 Å². The average Bonchev–Trinajstić information content (AvgIpc) is 2.26. The molecule has 0 aliphatic rings. The predicted molar refractivity (Wildman–Crippen MR) is 81.9 cm³/mol. The second-order valence-corrected chi connectivity index (χ2v) is 6.23. The van der Waals surface area contributed by atoms with Crippen molar-refractivity contribution < 1.29 is 0 Å². The lowest BCUT2D eigenvalue weighted by molar-refractivity contribution is 0.344. The zero-order valence-corrected chi connectivity index (χ0v) is 13.5. The van der Waals surface area contributed by atoms with Crippen molar-refractivity contribution in [3.63, 3.8) is 0 Å². The molecule has 19 heavy (non-hydrogen) atoms. The number of hydrogen-bond donors (Lipinski definition) is 1. The Balaban J connectivity index is 2.89. The van der Waals surface area contributed by atoms with E-state index in [0.717, 1.165) is 18.2 Å². The van der Waals surface area contributed by atoms with Crippen LogP contribution in [0.25, 0.3) is 0 Å². The number of nitrogens with one attached hydrogen (secondary N) is 1. The van der Waals surface area contributed by atoms with Crippen molar-refractivity contribution in [2.45, 2.75) is 39.7 Å². The second kappa shape index (κ2) is 7.06. The van der Waals surface area contributed by atoms with E-state index in [-0.39, 0.29) is 5.92 Å². The molecular weight excluding hydrogens is 260 g/mol. The third-order valence-electron chi connectivity index (χ3n) is 2.93. The Morgan fingerprint density at radius 3 is 2.32 bits per heavy atom. The largest absolute Gasteiger partial charge is 0.366 e. The van der Waals surface area contributed by atoms with E-state index in [1.54, 1.807) is 6.07 Å². The van der Waals surface area contributed by atoms with Gasteiger partial charge in [-0.25, -0.2) is 9.97 Å². The van der Waals surface area contributed by atoms with Crippen LogP contribution >= 0.6 is 11.6 Å². The minimum Gasteiger partial charge on any atom is -0.366 e. The van der Waals surface area contributed by atoms with Gasteiger partial charge < -0.3 is 10.2 Å². The summed E-state index contributed by atoms with van der Waals surface area (Å²) in [6.45, 7) is 9.49. The molecule has 1 atom stereocenters. The number of likely N-dealkylation sites (N-methyl/N-ethyl adjacent to an activating group) is 1. The molecule has 1 N–H and O–H groups in total. The monoisotopic (exact) mass is 284 g/mol. The van der Waals surface area contributed by atoms with Gasteiger partial charge in [0.2, 0.25) is 0 Å². The maximum Gasteiger partial charge on any atom is 0.135 e. The molecule has 0 aliphatic heterocycles. The van der Waals surface area contributed by atoms with Gasteiger partial charge >= 0.3 is 0 Å². The fourth-order valence-corrected chi connectivity index (χ4v) is 1.96. The molecule has 1 rings (SSSR count). The summed E-state index contributed by atoms with van der Waals surface area (Å²) in [5.41, 5.74) is 0. The lowest BCUT2D eigenvalue weighted by Gasteiger charge is -2.26. The molecule has 1 aromatic rings. The fraction of sp³-hybridized carbons (Fsp3) is 0.714. The van der Waals surface area contributed by atoms with E-state index < -0.39 is 0 Å². The predicted octanol–water partition coefficient (Wildman–Crippen LogP) is 3.25. The summed E-state index contributed by atoms with van der Waals surface area (Å²) in [7, 11) is 4.15. The lowest BCUT2D eigenvalue weighted by atomic mass is 10.0. The van der Waals surface area contributed by atoms with Crippen molar-refractivity contribution in [1.29, 1.82) is 0 Å². The van der Waals surface area contributed by atoms with Crippen molar-refractivity contribution in [2.75, 3.05) is 26.0 Å². The van der Waals surface area contributed by atoms with Gasteiger partial charge in [-0.2, -0.15) is 0 Å². The summed E-state index contributed by atoms with van der Waals surface area (Å²) in [5, 5.41) is 3.96. The molecule has 0 saturated carbocycles. The highest BCUT2D eigenvalue weighted by Gasteiger charge is 2.16. The standard InChI is InChI=1S/C14H25ClN4/c1-9(2)11(8-19(5)6)16-13-7-12(15)17-14(18-13)10(3)4/h7,9-11H,8H2,1-6H3,(H,16,17,18). The topological polar surface area (TPSA) is 41.1 Å². The van der Waals surface area contributed by atoms with Gasteiger partial charge in [-0.1, -0.05) is 39.3 Å². The Bertz CT molecular complexity index is 404. The minimum absolute atomic E-state index is 0.269. The summed E-state index contributed by atoms with van der Waals surface area (Å²) in [5.74, 6) is 2.37. The van der Waals surface area contributed by atoms with Gasteiger partial charge in [-0.3, -0.25) is 0 Å². The third-order valence-corrected chi connectivity index (χ3v) is 3.12. The van der Waals surface area contributed by atoms with E-state index in [2.05, 4.69) is 62.0 Å². The van der Waals surface area contributed by atoms with E-state index in [1.165, 1.54) is 0 Å². The third kappa shape index (κ3) is 5.33. The van der Waals surface area contributed by atoms with Crippen LogP contribution in [0.2, 0.25) is 5.15 Å². The van der Waals surface area contributed by atoms with Crippen LogP contribution in [-0.2, 0) is 0 Å². The molecule has 0 aliphatic carbocycles. The molecule has 0 radical (unpaired) electrons. The molecule has 1 unspecified atom stereocenters. The summed E-state index contributed by atoms with van der Waals surface area (Å²) in [6, 6.07) is 2.12. The highest BCUT2D eigenvalue weighted by Crippen LogP contribution is 2.19. The van der Waals surface area contributed by atoms with Crippen molar-refractivity contribution in [1.82, 2.24) is 14.9 Å². The maximum atomic E-state index is 6.06. The summed E-state index contributed by atoms with van der Waals surface area (Å²) >= 11 is 6.06. The van der Waals surface area contributed by atoms with Crippen molar-refractivity contribution >= 4 is 17.4 Å². The van der Waals surface area contributed by atoms with E-state index in [4.69, 9.17) is 11.6 Å². The molecule has 0 saturated heterocycles. The normalized spacial score (nSPS) is 13.4. The fourth-order valence-electron chi connectivity index (χ4n) is 1.77. The number of anilines is 1. The molecule has 0 bridgehead atoms. The SMILES string of the molecule is CC(C)c1nc(Cl)cc(NC(CN(C)C)C(C)C)n1. The molecule has 1 aromatic heterocycles. The second-order valence-electron chi connectivity index (χ2n) is 5.85. The molecule has 5 heteroatoms. The Kier molecular flexibility index (Phi) is 6.01. The van der Waals surface area contributed by atoms with Crippen LogP contribution in [0.3, 0.4) is 0 Å². The Morgan fingerprint density at radius 1 is 1.21 bits per heavy atom. The van der Waals surface area contributed by atoms with E-state index in [9.17, 15) is 0 Å². The van der Waals surface area contributed by atoms with Crippen LogP contribution < -0.4 is 5.32 Å². The molecule has 0 spiro atoms. The van der Waals surface area contributed by atoms with Crippen LogP contribution in [0.5, 0.6) is 0 Å². The summed E-state index contributed by atoms with van der Waals surface area (Å²) in [4.78, 5) is 11.0. The first-order chi connectivity index (χ1) is 8.79. The van der Waals surface area contributed by atoms with Crippen LogP contribution in [0, 0.1) is 5.92 Å². The summed E-state index contributed by atoms with van der Waals surface area (Å²) in [6.07, 6.45) is 0. The summed E-state index contributed by atoms with van der Waals surface area (Å²) < 4.78 is 0. The zero-order valence-electron chi connectivity index (χ0n) is 12.7. The van der Waals surface area contributed by atoms with Gasteiger partial charge in [0.25, 0.3) is 0 Å². The van der Waals surface area contributed by atoms with Crippen LogP contribution in [0.1, 0.15) is 39.4 Å². The quantitative estimate of drug-likeness (QED) is 0.814. The van der Waals surface area contributed by atoms with E-state index >= 15 is 0 Å². The highest BCUT2D eigenvalue weighted by atomic mass is 35.5. The van der Waals surface area contributed by atoms with Gasteiger partial charge in [-0.15, -0.1) is 0 Å². The maximum absolute atomic E-state index is 6.06. The highest BCUT2D eigenvalue weighted by molar-refractivity contribution is 6.29. The number of rotatable bonds is 6. The molecule has 108 valence electrons. The van der Waals surface area contributed by atoms with Gasteiger partial charge in [0.05, 0.1) is 0 Å². The minimum atomic E-state index is 0.269. The number of nitrogens with zero attached hydrogens (tertiary/aromatic N) is 3. The van der Waals surface area contributed by atoms with Crippen LogP contribution in [0.4, 0.5) is 5.82 Å². The molecule has 4 nitrogen and oxygen atoms in total. The molecular formula is C14H25ClN4. The van der Waals surface area contributed by atoms with Crippen molar-refractivity contribution in [2.24, 2.45) is 5.92 Å². The van der Waals surface area contributed by atoms with Gasteiger partial charge in [0, 0.05) is 24.6 Å². The first-order valence-corrected chi connectivity index (χ1v) is 7.13. The van der Waals surface area contributed by atoms with Crippen molar-refractivity contribution in [3.05, 3.63) is 17.0 Å². The van der Waals surface area contributed by atoms with Crippen LogP contribution in [-0.4, -0.2) is 41.5 Å². The van der Waals surface area contributed by atoms with Crippen LogP contribution in [0.15, 0.2) is 6.07 Å². The Morgan fingerprint density at radius 2 is 1.84 bits per heavy atom. The average molecular weight is 285 g/mol. The van der Waals surface area contributed by atoms with Gasteiger partial charge in [0.1, 0.15) is 16.8 Å². The smallest absolute Gasteiger partial charge is 0.135 e. The van der Waals surface area contributed by atoms with Crippen molar-refractivity contribution in [3.8, 4) is 0 Å². The van der Waals surface area contributed by atoms with E-state index in [0.29, 0.717) is 17.1 Å². The Labute approximate surface area is 121 Å². The Hall–Kier alpha value is -0.870. The number of halogens is 1. The molecule has 0 amide bonds. The first-order valence-electron chi connectivity index (χ1n) is 6.75. The van der Waals surface area contributed by atoms with Gasteiger partial charge in [-0.05, 0) is 20.0 Å². The molecule has 0 fully saturated rings. The molecule has 1 heterocycles. The lowest BCUT2D eigenvalue weighted by Crippen LogP contribution is -2.36. The number of aromatic nitrogens is 2. The molecule has 0 aromatic carbocycles. The number of hydrogen-bond acceptors (Lipinski definition) is 4.